The summed E-state index contributed by atoms with van der Waals surface area (Å²) in [6.07, 6.45) is -4.08. The van der Waals surface area contributed by atoms with Crippen LogP contribution in [0.1, 0.15) is 65.7 Å². The Labute approximate surface area is 223 Å². The Bertz CT molecular complexity index is 985. The number of esters is 2. The Balaban J connectivity index is 1.38. The zero-order chi connectivity index (χ0) is 27.8. The molecule has 38 heavy (non-hydrogen) atoms. The third kappa shape index (κ3) is 3.97. The molecule has 0 radical (unpaired) electrons. The standard InChI is InChI=1S/C28H42O10/c1-13-15-10-16(30)22-26(3)7-5-8-27(4,18(26)6-9-28(22,11-15)23(13)34)25(35)38-24-21(33)20(32)19(31)17(37-24)12-36-14(2)29/h15-24,30-34H,1,5-12H2,2-4H3/t15?,16?,17?,18-,19?,20?,21?,22-,23?,24?,26?,27?,28?/m0/s1. The summed E-state index contributed by atoms with van der Waals surface area (Å²) in [5.74, 6) is -1.41. The highest BCUT2D eigenvalue weighted by Crippen LogP contribution is 2.72. The molecule has 5 aliphatic rings. The second-order valence-electron chi connectivity index (χ2n) is 13.0. The van der Waals surface area contributed by atoms with Crippen LogP contribution in [0.25, 0.3) is 0 Å². The first-order valence-corrected chi connectivity index (χ1v) is 13.8. The molecule has 0 aromatic heterocycles. The minimum Gasteiger partial charge on any atom is -0.463 e. The van der Waals surface area contributed by atoms with Gasteiger partial charge in [0.15, 0.2) is 0 Å². The summed E-state index contributed by atoms with van der Waals surface area (Å²) in [5.41, 5.74) is -1.01. The normalized spacial score (nSPS) is 52.1. The molecule has 0 aromatic rings. The molecule has 1 heterocycles. The maximum absolute atomic E-state index is 13.8. The van der Waals surface area contributed by atoms with E-state index in [1.807, 2.05) is 6.92 Å². The third-order valence-corrected chi connectivity index (χ3v) is 11.0. The number of hydrogen-bond donors (Lipinski definition) is 5. The molecule has 10 heteroatoms. The molecule has 4 saturated carbocycles. The molecule has 10 nitrogen and oxygen atoms in total. The van der Waals surface area contributed by atoms with E-state index in [-0.39, 0.29) is 24.4 Å². The molecule has 5 rings (SSSR count). The van der Waals surface area contributed by atoms with Gasteiger partial charge in [0.2, 0.25) is 6.29 Å². The summed E-state index contributed by atoms with van der Waals surface area (Å²) < 4.78 is 16.2. The third-order valence-electron chi connectivity index (χ3n) is 11.0. The number of aliphatic hydroxyl groups excluding tert-OH is 5. The van der Waals surface area contributed by atoms with Crippen molar-refractivity contribution in [1.82, 2.24) is 0 Å². The van der Waals surface area contributed by atoms with Gasteiger partial charge in [-0.2, -0.15) is 0 Å². The van der Waals surface area contributed by atoms with Crippen molar-refractivity contribution in [2.75, 3.05) is 6.61 Å². The van der Waals surface area contributed by atoms with Gasteiger partial charge in [0.25, 0.3) is 0 Å². The summed E-state index contributed by atoms with van der Waals surface area (Å²) in [7, 11) is 0. The molecule has 214 valence electrons. The van der Waals surface area contributed by atoms with E-state index in [0.29, 0.717) is 25.7 Å². The van der Waals surface area contributed by atoms with Gasteiger partial charge in [0, 0.05) is 12.3 Å². The van der Waals surface area contributed by atoms with Gasteiger partial charge in [-0.1, -0.05) is 19.9 Å². The van der Waals surface area contributed by atoms with Crippen LogP contribution in [0.3, 0.4) is 0 Å². The maximum Gasteiger partial charge on any atom is 0.314 e. The van der Waals surface area contributed by atoms with Gasteiger partial charge in [-0.3, -0.25) is 9.59 Å². The first-order valence-electron chi connectivity index (χ1n) is 13.8. The van der Waals surface area contributed by atoms with Crippen molar-refractivity contribution in [3.8, 4) is 0 Å². The van der Waals surface area contributed by atoms with E-state index in [1.165, 1.54) is 6.92 Å². The van der Waals surface area contributed by atoms with E-state index < -0.39 is 71.1 Å². The Morgan fingerprint density at radius 3 is 2.45 bits per heavy atom. The summed E-state index contributed by atoms with van der Waals surface area (Å²) in [6, 6.07) is 0. The number of aliphatic hydroxyl groups is 5. The molecule has 5 fully saturated rings. The number of hydrogen-bond acceptors (Lipinski definition) is 10. The zero-order valence-electron chi connectivity index (χ0n) is 22.4. The van der Waals surface area contributed by atoms with Crippen molar-refractivity contribution in [3.05, 3.63) is 12.2 Å². The van der Waals surface area contributed by atoms with E-state index in [9.17, 15) is 35.1 Å². The fourth-order valence-electron chi connectivity index (χ4n) is 9.31. The first kappa shape index (κ1) is 28.0. The summed E-state index contributed by atoms with van der Waals surface area (Å²) in [6.45, 7) is 8.96. The van der Waals surface area contributed by atoms with Crippen LogP contribution in [0.2, 0.25) is 0 Å². The lowest BCUT2D eigenvalue weighted by atomic mass is 9.40. The lowest BCUT2D eigenvalue weighted by Crippen LogP contribution is -2.64. The van der Waals surface area contributed by atoms with Crippen molar-refractivity contribution >= 4 is 11.9 Å². The van der Waals surface area contributed by atoms with Crippen molar-refractivity contribution < 1.29 is 49.3 Å². The highest BCUT2D eigenvalue weighted by molar-refractivity contribution is 5.77. The lowest BCUT2D eigenvalue weighted by molar-refractivity contribution is -0.299. The molecule has 1 saturated heterocycles. The van der Waals surface area contributed by atoms with Crippen LogP contribution in [-0.4, -0.2) is 87.0 Å². The minimum absolute atomic E-state index is 0.114. The van der Waals surface area contributed by atoms with Gasteiger partial charge < -0.3 is 39.7 Å². The number of ether oxygens (including phenoxy) is 3. The van der Waals surface area contributed by atoms with Gasteiger partial charge >= 0.3 is 11.9 Å². The molecule has 13 atom stereocenters. The number of fused-ring (bicyclic) bond motifs is 3. The van der Waals surface area contributed by atoms with Crippen molar-refractivity contribution in [3.63, 3.8) is 0 Å². The molecule has 0 aromatic carbocycles. The fraction of sp³-hybridized carbons (Fsp3) is 0.857. The van der Waals surface area contributed by atoms with Crippen LogP contribution in [0.15, 0.2) is 12.2 Å². The molecule has 2 bridgehead atoms. The Kier molecular flexibility index (Phi) is 7.01. The Morgan fingerprint density at radius 1 is 1.05 bits per heavy atom. The van der Waals surface area contributed by atoms with E-state index in [2.05, 4.69) is 13.5 Å². The SMILES string of the molecule is C=C1C2CC(O)[C@@H]3C(CC[C@@H]4C(C)(C(=O)OC5OC(COC(C)=O)C(O)C(O)C5O)CCCC43C)(C2)C1O. The van der Waals surface area contributed by atoms with Gasteiger partial charge in [0.1, 0.15) is 31.0 Å². The fourth-order valence-corrected chi connectivity index (χ4v) is 9.31. The first-order chi connectivity index (χ1) is 17.8. The topological polar surface area (TPSA) is 163 Å². The van der Waals surface area contributed by atoms with Crippen LogP contribution in [0, 0.1) is 34.0 Å². The van der Waals surface area contributed by atoms with E-state index in [4.69, 9.17) is 14.2 Å². The Morgan fingerprint density at radius 2 is 1.76 bits per heavy atom. The quantitative estimate of drug-likeness (QED) is 0.256. The van der Waals surface area contributed by atoms with Crippen LogP contribution in [0.4, 0.5) is 0 Å². The predicted molar refractivity (Wildman–Crippen MR) is 132 cm³/mol. The van der Waals surface area contributed by atoms with Crippen molar-refractivity contribution in [1.29, 1.82) is 0 Å². The lowest BCUT2D eigenvalue weighted by Gasteiger charge is -2.64. The molecule has 11 unspecified atom stereocenters. The van der Waals surface area contributed by atoms with Crippen LogP contribution < -0.4 is 0 Å². The zero-order valence-corrected chi connectivity index (χ0v) is 22.4. The van der Waals surface area contributed by atoms with E-state index in [0.717, 1.165) is 24.8 Å². The monoisotopic (exact) mass is 538 g/mol. The second-order valence-corrected chi connectivity index (χ2v) is 13.0. The van der Waals surface area contributed by atoms with Gasteiger partial charge in [-0.15, -0.1) is 0 Å². The van der Waals surface area contributed by atoms with Crippen molar-refractivity contribution in [2.45, 2.75) is 109 Å². The maximum atomic E-state index is 13.8. The summed E-state index contributed by atoms with van der Waals surface area (Å²) in [4.78, 5) is 25.1. The average Bonchev–Trinajstić information content (AvgIpc) is 3.03. The van der Waals surface area contributed by atoms with E-state index >= 15 is 0 Å². The summed E-state index contributed by atoms with van der Waals surface area (Å²) >= 11 is 0. The summed E-state index contributed by atoms with van der Waals surface area (Å²) in [5, 5.41) is 53.8. The van der Waals surface area contributed by atoms with Gasteiger partial charge in [-0.25, -0.2) is 0 Å². The van der Waals surface area contributed by atoms with Gasteiger partial charge in [0.05, 0.1) is 17.6 Å². The van der Waals surface area contributed by atoms with Crippen molar-refractivity contribution in [2.24, 2.45) is 34.0 Å². The molecule has 1 aliphatic heterocycles. The number of rotatable bonds is 4. The minimum atomic E-state index is -1.69. The highest BCUT2D eigenvalue weighted by Gasteiger charge is 2.70. The molecule has 0 amide bonds. The molecule has 1 spiro atoms. The number of carbonyl (C=O) groups is 2. The second kappa shape index (κ2) is 9.52. The molecular weight excluding hydrogens is 496 g/mol. The van der Waals surface area contributed by atoms with E-state index in [1.54, 1.807) is 0 Å². The average molecular weight is 539 g/mol. The van der Waals surface area contributed by atoms with Gasteiger partial charge in [-0.05, 0) is 74.2 Å². The Hall–Kier alpha value is -1.56. The van der Waals surface area contributed by atoms with Crippen LogP contribution in [-0.2, 0) is 23.8 Å². The molecule has 4 aliphatic carbocycles. The highest BCUT2D eigenvalue weighted by atomic mass is 16.7. The number of carbonyl (C=O) groups excluding carboxylic acids is 2. The predicted octanol–water partition coefficient (Wildman–Crippen LogP) is 0.811. The molecular formula is C28H42O10. The smallest absolute Gasteiger partial charge is 0.314 e. The molecule has 5 N–H and O–H groups in total. The van der Waals surface area contributed by atoms with Crippen LogP contribution in [0.5, 0.6) is 0 Å². The van der Waals surface area contributed by atoms with Crippen LogP contribution >= 0.6 is 0 Å². The largest absolute Gasteiger partial charge is 0.463 e.